The number of carbonyl (C=O) groups excluding carboxylic acids is 3. The fraction of sp³-hybridized carbons (Fsp3) is 0.545. The smallest absolute Gasteiger partial charge is 0.550 e. The molecule has 0 bridgehead atoms. The maximum absolute atomic E-state index is 10.1. The van der Waals surface area contributed by atoms with Crippen LogP contribution in [-0.4, -0.2) is 56.8 Å². The van der Waals surface area contributed by atoms with E-state index in [1.807, 2.05) is 0 Å². The molecule has 0 saturated carbocycles. The first-order valence-electron chi connectivity index (χ1n) is 5.85. The molecule has 0 radical (unpaired) electrons. The van der Waals surface area contributed by atoms with Gasteiger partial charge in [0.2, 0.25) is 0 Å². The van der Waals surface area contributed by atoms with Gasteiger partial charge in [0, 0.05) is 31.2 Å². The topological polar surface area (TPSA) is 241 Å². The Morgan fingerprint density at radius 1 is 0.889 bits per heavy atom. The zero-order valence-corrected chi connectivity index (χ0v) is 21.8. The van der Waals surface area contributed by atoms with Gasteiger partial charge in [-0.05, 0) is 6.42 Å². The summed E-state index contributed by atoms with van der Waals surface area (Å²) in [6.45, 7) is 0. The first-order valence-corrected chi connectivity index (χ1v) is 5.85. The van der Waals surface area contributed by atoms with E-state index >= 15 is 0 Å². The summed E-state index contributed by atoms with van der Waals surface area (Å²) in [7, 11) is 0. The van der Waals surface area contributed by atoms with Crippen molar-refractivity contribution in [2.75, 3.05) is 0 Å². The van der Waals surface area contributed by atoms with E-state index < -0.39 is 54.3 Å². The standard InChI is InChI=1S/C6H8O7.C5H9NO4.ClH.3Na/c7-3(8)1-6(13,5(11)12)2-4(9)10;6-3(5(9)10)1-2-4(7)8;;;;/h13H,1-2H2,(H,7,8)(H,9,10)(H,11,12);3H,1-2,6H2,(H,7,8)(H,9,10);1H;;;/q;;;3*+1/p-3. The van der Waals surface area contributed by atoms with Gasteiger partial charge in [0.25, 0.3) is 0 Å². The van der Waals surface area contributed by atoms with Crippen LogP contribution in [-0.2, 0) is 24.0 Å². The number of nitrogens with two attached hydrogens (primary N) is 1. The molecule has 0 spiro atoms. The van der Waals surface area contributed by atoms with Crippen LogP contribution < -0.4 is 110 Å². The number of aliphatic carboxylic acids is 5. The third-order valence-electron chi connectivity index (χ3n) is 2.24. The van der Waals surface area contributed by atoms with E-state index in [-0.39, 0.29) is 114 Å². The van der Waals surface area contributed by atoms with Crippen LogP contribution in [0.2, 0.25) is 0 Å². The normalized spacial score (nSPS) is 9.85. The molecule has 0 aromatic rings. The summed E-state index contributed by atoms with van der Waals surface area (Å²) < 4.78 is 0. The molecule has 5 N–H and O–H groups in total. The molecule has 0 saturated heterocycles. The number of rotatable bonds is 9. The summed E-state index contributed by atoms with van der Waals surface area (Å²) in [5.41, 5.74) is 2.03. The zero-order chi connectivity index (χ0) is 18.8. The Morgan fingerprint density at radius 2 is 1.22 bits per heavy atom. The second kappa shape index (κ2) is 21.3. The van der Waals surface area contributed by atoms with E-state index in [4.69, 9.17) is 21.1 Å². The average molecular weight is 442 g/mol. The fourth-order valence-corrected chi connectivity index (χ4v) is 1.09. The van der Waals surface area contributed by atoms with Crippen molar-refractivity contribution >= 4 is 42.3 Å². The summed E-state index contributed by atoms with van der Waals surface area (Å²) in [6.07, 6.45) is -2.94. The Labute approximate surface area is 226 Å². The third-order valence-corrected chi connectivity index (χ3v) is 2.24. The molecule has 16 heteroatoms. The maximum atomic E-state index is 10.1. The van der Waals surface area contributed by atoms with Crippen LogP contribution in [0.15, 0.2) is 0 Å². The second-order valence-electron chi connectivity index (χ2n) is 4.29. The molecule has 140 valence electrons. The van der Waals surface area contributed by atoms with Gasteiger partial charge in [-0.25, -0.2) is 0 Å². The van der Waals surface area contributed by atoms with E-state index in [9.17, 15) is 39.3 Å². The Balaban J connectivity index is -0.0000000728. The molecule has 1 atom stereocenters. The number of aliphatic hydroxyl groups is 1. The van der Waals surface area contributed by atoms with Crippen LogP contribution in [0.1, 0.15) is 25.7 Å². The van der Waals surface area contributed by atoms with Gasteiger partial charge in [-0.1, -0.05) is 0 Å². The quantitative estimate of drug-likeness (QED) is 0.244. The monoisotopic (exact) mass is 441 g/mol. The zero-order valence-electron chi connectivity index (χ0n) is 15.0. The minimum atomic E-state index is -2.97. The Morgan fingerprint density at radius 3 is 1.41 bits per heavy atom. The van der Waals surface area contributed by atoms with Crippen LogP contribution in [0.4, 0.5) is 0 Å². The Hall–Kier alpha value is 0.560. The fourth-order valence-electron chi connectivity index (χ4n) is 1.09. The first kappa shape index (κ1) is 41.8. The van der Waals surface area contributed by atoms with E-state index in [2.05, 4.69) is 0 Å². The van der Waals surface area contributed by atoms with Crippen molar-refractivity contribution in [1.82, 2.24) is 0 Å². The molecular weight excluding hydrogens is 427 g/mol. The van der Waals surface area contributed by atoms with Crippen molar-refractivity contribution < 1.29 is 143 Å². The molecular formula is C11H15ClNNa3O11. The van der Waals surface area contributed by atoms with Crippen LogP contribution in [0.3, 0.4) is 0 Å². The van der Waals surface area contributed by atoms with Gasteiger partial charge in [-0.2, -0.15) is 0 Å². The number of hydrogen-bond donors (Lipinski definition) is 4. The van der Waals surface area contributed by atoms with Crippen molar-refractivity contribution in [3.63, 3.8) is 0 Å². The molecule has 1 unspecified atom stereocenters. The van der Waals surface area contributed by atoms with Gasteiger partial charge in [0.15, 0.2) is 0 Å². The van der Waals surface area contributed by atoms with E-state index in [1.54, 1.807) is 0 Å². The van der Waals surface area contributed by atoms with Crippen molar-refractivity contribution in [1.29, 1.82) is 0 Å². The maximum Gasteiger partial charge on any atom is 1.00 e. The number of carbonyl (C=O) groups is 5. The minimum Gasteiger partial charge on any atom is -0.550 e. The molecule has 0 aliphatic heterocycles. The molecule has 0 fully saturated rings. The summed E-state index contributed by atoms with van der Waals surface area (Å²) in [6, 6.07) is -1.06. The summed E-state index contributed by atoms with van der Waals surface area (Å²) >= 11 is 0. The number of hydrogen-bond acceptors (Lipinski definition) is 10. The van der Waals surface area contributed by atoms with Crippen molar-refractivity contribution in [3.05, 3.63) is 0 Å². The van der Waals surface area contributed by atoms with Gasteiger partial charge in [0.1, 0.15) is 11.6 Å². The van der Waals surface area contributed by atoms with Crippen LogP contribution in [0.25, 0.3) is 0 Å². The summed E-state index contributed by atoms with van der Waals surface area (Å²) in [4.78, 5) is 49.9. The van der Waals surface area contributed by atoms with Crippen LogP contribution in [0, 0.1) is 0 Å². The predicted octanol–water partition coefficient (Wildman–Crippen LogP) is -14.6. The van der Waals surface area contributed by atoms with Crippen LogP contribution in [0.5, 0.6) is 0 Å². The van der Waals surface area contributed by atoms with Crippen molar-refractivity contribution in [2.24, 2.45) is 5.73 Å². The molecule has 27 heavy (non-hydrogen) atoms. The van der Waals surface area contributed by atoms with Crippen molar-refractivity contribution in [3.8, 4) is 0 Å². The van der Waals surface area contributed by atoms with Gasteiger partial charge in [0.05, 0.1) is 5.97 Å². The number of halogens is 1. The molecule has 12 nitrogen and oxygen atoms in total. The SMILES string of the molecule is Cl.NC(CCC(=O)O)C(=O)O.O=C([O-])CC(O)(CC(=O)[O-])C(=O)[O-].[Na+].[Na+].[Na+]. The average Bonchev–Trinajstić information content (AvgIpc) is 2.34. The Kier molecular flexibility index (Phi) is 33.0. The van der Waals surface area contributed by atoms with Gasteiger partial charge in [-0.15, -0.1) is 12.4 Å². The van der Waals surface area contributed by atoms with E-state index in [1.165, 1.54) is 0 Å². The summed E-state index contributed by atoms with van der Waals surface area (Å²) in [5, 5.41) is 55.2. The molecule has 0 heterocycles. The number of carboxylic acid groups (broad SMARTS) is 5. The van der Waals surface area contributed by atoms with Crippen LogP contribution >= 0.6 is 12.4 Å². The van der Waals surface area contributed by atoms with E-state index in [0.717, 1.165) is 0 Å². The van der Waals surface area contributed by atoms with Gasteiger partial charge < -0.3 is 50.8 Å². The molecule has 0 aliphatic carbocycles. The van der Waals surface area contributed by atoms with Gasteiger partial charge >= 0.3 is 101 Å². The summed E-state index contributed by atoms with van der Waals surface area (Å²) in [5.74, 6) is -8.18. The molecule has 0 aromatic heterocycles. The molecule has 0 rings (SSSR count). The van der Waals surface area contributed by atoms with Crippen molar-refractivity contribution in [2.45, 2.75) is 37.3 Å². The predicted molar refractivity (Wildman–Crippen MR) is 68.9 cm³/mol. The molecule has 0 aliphatic rings. The first-order chi connectivity index (χ1) is 10.3. The minimum absolute atomic E-state index is 0. The Bertz CT molecular complexity index is 476. The third kappa shape index (κ3) is 24.5. The molecule has 0 aromatic carbocycles. The second-order valence-corrected chi connectivity index (χ2v) is 4.29. The molecule has 0 amide bonds. The van der Waals surface area contributed by atoms with E-state index in [0.29, 0.717) is 0 Å². The largest absolute Gasteiger partial charge is 1.00 e. The number of carboxylic acids is 5. The van der Waals surface area contributed by atoms with Gasteiger partial charge in [-0.3, -0.25) is 9.59 Å².